The average molecular weight is 291 g/mol. The predicted octanol–water partition coefficient (Wildman–Crippen LogP) is 2.28. The van der Waals surface area contributed by atoms with Gasteiger partial charge in [0.05, 0.1) is 12.5 Å². The van der Waals surface area contributed by atoms with Gasteiger partial charge in [-0.25, -0.2) is 4.39 Å². The van der Waals surface area contributed by atoms with E-state index in [1.54, 1.807) is 6.07 Å². The lowest BCUT2D eigenvalue weighted by Crippen LogP contribution is -2.39. The van der Waals surface area contributed by atoms with Crippen molar-refractivity contribution in [1.29, 1.82) is 0 Å². The minimum Gasteiger partial charge on any atom is -0.381 e. The minimum atomic E-state index is -0.309. The van der Waals surface area contributed by atoms with Gasteiger partial charge in [0.2, 0.25) is 11.7 Å². The molecule has 0 radical (unpaired) electrons. The molecule has 3 rings (SSSR count). The Labute approximate surface area is 122 Å². The predicted molar refractivity (Wildman–Crippen MR) is 75.5 cm³/mol. The summed E-state index contributed by atoms with van der Waals surface area (Å²) in [5, 5.41) is 7.25. The molecule has 2 aromatic rings. The molecule has 1 aromatic carbocycles. The van der Waals surface area contributed by atoms with Crippen LogP contribution in [0.25, 0.3) is 11.4 Å². The monoisotopic (exact) mass is 291 g/mol. The van der Waals surface area contributed by atoms with Crippen molar-refractivity contribution in [3.05, 3.63) is 35.5 Å². The standard InChI is InChI=1S/C15H18FN3O2/c1-9-3-4-10(16)7-11(9)14-18-15(21-19-14)12-8-20-6-5-13(12)17-2/h3-4,7,12-13,17H,5-6,8H2,1-2H3. The van der Waals surface area contributed by atoms with E-state index < -0.39 is 0 Å². The van der Waals surface area contributed by atoms with Crippen LogP contribution in [0.15, 0.2) is 22.7 Å². The van der Waals surface area contributed by atoms with Crippen molar-refractivity contribution in [3.63, 3.8) is 0 Å². The van der Waals surface area contributed by atoms with Crippen LogP contribution in [0.2, 0.25) is 0 Å². The molecule has 0 aliphatic carbocycles. The third kappa shape index (κ3) is 2.82. The van der Waals surface area contributed by atoms with Gasteiger partial charge in [0, 0.05) is 18.2 Å². The first-order valence-corrected chi connectivity index (χ1v) is 7.04. The lowest BCUT2D eigenvalue weighted by atomic mass is 9.96. The molecule has 1 aliphatic rings. The number of rotatable bonds is 3. The molecule has 0 saturated carbocycles. The smallest absolute Gasteiger partial charge is 0.233 e. The average Bonchev–Trinajstić information content (AvgIpc) is 2.99. The summed E-state index contributed by atoms with van der Waals surface area (Å²) in [6, 6.07) is 4.81. The highest BCUT2D eigenvalue weighted by Gasteiger charge is 2.31. The Balaban J connectivity index is 1.90. The van der Waals surface area contributed by atoms with Crippen molar-refractivity contribution in [1.82, 2.24) is 15.5 Å². The molecule has 112 valence electrons. The fourth-order valence-electron chi connectivity index (χ4n) is 2.66. The molecule has 5 nitrogen and oxygen atoms in total. The second-order valence-electron chi connectivity index (χ2n) is 5.28. The maximum Gasteiger partial charge on any atom is 0.233 e. The Morgan fingerprint density at radius 3 is 3.05 bits per heavy atom. The van der Waals surface area contributed by atoms with Gasteiger partial charge < -0.3 is 14.6 Å². The molecule has 21 heavy (non-hydrogen) atoms. The molecule has 0 spiro atoms. The van der Waals surface area contributed by atoms with E-state index in [1.807, 2.05) is 14.0 Å². The minimum absolute atomic E-state index is 0.0267. The highest BCUT2D eigenvalue weighted by Crippen LogP contribution is 2.28. The normalized spacial score (nSPS) is 22.4. The zero-order valence-electron chi connectivity index (χ0n) is 12.1. The van der Waals surface area contributed by atoms with Crippen LogP contribution in [0.1, 0.15) is 23.8 Å². The Kier molecular flexibility index (Phi) is 3.98. The molecular formula is C15H18FN3O2. The first-order valence-electron chi connectivity index (χ1n) is 7.04. The van der Waals surface area contributed by atoms with Gasteiger partial charge in [0.25, 0.3) is 0 Å². The van der Waals surface area contributed by atoms with E-state index in [-0.39, 0.29) is 17.8 Å². The molecule has 1 aromatic heterocycles. The fraction of sp³-hybridized carbons (Fsp3) is 0.467. The maximum atomic E-state index is 13.4. The number of aromatic nitrogens is 2. The van der Waals surface area contributed by atoms with Gasteiger partial charge >= 0.3 is 0 Å². The lowest BCUT2D eigenvalue weighted by molar-refractivity contribution is 0.0516. The van der Waals surface area contributed by atoms with Crippen LogP contribution in [0.3, 0.4) is 0 Å². The van der Waals surface area contributed by atoms with Crippen molar-refractivity contribution in [2.24, 2.45) is 0 Å². The summed E-state index contributed by atoms with van der Waals surface area (Å²) in [5.41, 5.74) is 1.57. The van der Waals surface area contributed by atoms with Crippen LogP contribution in [-0.2, 0) is 4.74 Å². The number of likely N-dealkylation sites (N-methyl/N-ethyl adjacent to an activating group) is 1. The van der Waals surface area contributed by atoms with Gasteiger partial charge in [0.15, 0.2) is 0 Å². The van der Waals surface area contributed by atoms with Crippen molar-refractivity contribution < 1.29 is 13.7 Å². The Morgan fingerprint density at radius 2 is 2.24 bits per heavy atom. The first kappa shape index (κ1) is 14.2. The largest absolute Gasteiger partial charge is 0.381 e. The number of benzene rings is 1. The van der Waals surface area contributed by atoms with E-state index in [0.717, 1.165) is 18.6 Å². The number of halogens is 1. The Morgan fingerprint density at radius 1 is 1.38 bits per heavy atom. The number of aryl methyl sites for hydroxylation is 1. The van der Waals surface area contributed by atoms with E-state index in [1.165, 1.54) is 12.1 Å². The maximum absolute atomic E-state index is 13.4. The van der Waals surface area contributed by atoms with Crippen molar-refractivity contribution in [3.8, 4) is 11.4 Å². The third-order valence-corrected chi connectivity index (χ3v) is 3.93. The van der Waals surface area contributed by atoms with Crippen molar-refractivity contribution >= 4 is 0 Å². The van der Waals surface area contributed by atoms with Gasteiger partial charge in [0.1, 0.15) is 5.82 Å². The SMILES string of the molecule is CNC1CCOCC1c1nc(-c2cc(F)ccc2C)no1. The highest BCUT2D eigenvalue weighted by molar-refractivity contribution is 5.59. The lowest BCUT2D eigenvalue weighted by Gasteiger charge is -2.28. The molecule has 0 bridgehead atoms. The van der Waals surface area contributed by atoms with Gasteiger partial charge in [-0.15, -0.1) is 0 Å². The number of hydrogen-bond donors (Lipinski definition) is 1. The third-order valence-electron chi connectivity index (χ3n) is 3.93. The summed E-state index contributed by atoms with van der Waals surface area (Å²) >= 11 is 0. The zero-order chi connectivity index (χ0) is 14.8. The van der Waals surface area contributed by atoms with Crippen LogP contribution in [-0.4, -0.2) is 36.4 Å². The van der Waals surface area contributed by atoms with Gasteiger partial charge in [-0.3, -0.25) is 0 Å². The quantitative estimate of drug-likeness (QED) is 0.940. The summed E-state index contributed by atoms with van der Waals surface area (Å²) < 4.78 is 24.3. The van der Waals surface area contributed by atoms with Crippen LogP contribution in [0.4, 0.5) is 4.39 Å². The topological polar surface area (TPSA) is 60.2 Å². The molecule has 2 heterocycles. The van der Waals surface area contributed by atoms with E-state index in [2.05, 4.69) is 15.5 Å². The fourth-order valence-corrected chi connectivity index (χ4v) is 2.66. The van der Waals surface area contributed by atoms with E-state index >= 15 is 0 Å². The van der Waals surface area contributed by atoms with Gasteiger partial charge in [-0.1, -0.05) is 11.2 Å². The number of hydrogen-bond acceptors (Lipinski definition) is 5. The van der Waals surface area contributed by atoms with E-state index in [4.69, 9.17) is 9.26 Å². The number of nitrogens with zero attached hydrogens (tertiary/aromatic N) is 2. The number of ether oxygens (including phenoxy) is 1. The van der Waals surface area contributed by atoms with Gasteiger partial charge in [-0.05, 0) is 38.1 Å². The molecule has 0 amide bonds. The first-order chi connectivity index (χ1) is 10.2. The summed E-state index contributed by atoms with van der Waals surface area (Å²) in [6.07, 6.45) is 0.901. The molecule has 1 fully saturated rings. The molecular weight excluding hydrogens is 273 g/mol. The second-order valence-corrected chi connectivity index (χ2v) is 5.28. The Bertz CT molecular complexity index is 629. The summed E-state index contributed by atoms with van der Waals surface area (Å²) in [6.45, 7) is 3.17. The van der Waals surface area contributed by atoms with Crippen LogP contribution >= 0.6 is 0 Å². The van der Waals surface area contributed by atoms with E-state index in [0.29, 0.717) is 23.9 Å². The summed E-state index contributed by atoms with van der Waals surface area (Å²) in [4.78, 5) is 4.44. The van der Waals surface area contributed by atoms with Crippen molar-refractivity contribution in [2.75, 3.05) is 20.3 Å². The summed E-state index contributed by atoms with van der Waals surface area (Å²) in [7, 11) is 1.91. The Hall–Kier alpha value is -1.79. The summed E-state index contributed by atoms with van der Waals surface area (Å²) in [5.74, 6) is 0.671. The van der Waals surface area contributed by atoms with E-state index in [9.17, 15) is 4.39 Å². The molecule has 6 heteroatoms. The van der Waals surface area contributed by atoms with Crippen LogP contribution in [0, 0.1) is 12.7 Å². The molecule has 2 unspecified atom stereocenters. The molecule has 1 N–H and O–H groups in total. The second kappa shape index (κ2) is 5.91. The zero-order valence-corrected chi connectivity index (χ0v) is 12.1. The van der Waals surface area contributed by atoms with Crippen LogP contribution < -0.4 is 5.32 Å². The molecule has 2 atom stereocenters. The molecule has 1 aliphatic heterocycles. The molecule has 1 saturated heterocycles. The highest BCUT2D eigenvalue weighted by atomic mass is 19.1. The number of nitrogens with one attached hydrogen (secondary N) is 1. The van der Waals surface area contributed by atoms with Crippen LogP contribution in [0.5, 0.6) is 0 Å². The van der Waals surface area contributed by atoms with Gasteiger partial charge in [-0.2, -0.15) is 4.98 Å². The van der Waals surface area contributed by atoms with Crippen molar-refractivity contribution in [2.45, 2.75) is 25.3 Å².